The van der Waals surface area contributed by atoms with E-state index in [0.29, 0.717) is 5.69 Å². The van der Waals surface area contributed by atoms with Gasteiger partial charge < -0.3 is 0 Å². The van der Waals surface area contributed by atoms with Crippen LogP contribution in [0.25, 0.3) is 0 Å². The van der Waals surface area contributed by atoms with Crippen LogP contribution in [0, 0.1) is 0 Å². The molecule has 0 fully saturated rings. The lowest BCUT2D eigenvalue weighted by molar-refractivity contribution is 0.103. The maximum Gasteiger partial charge on any atom is 0.211 e. The second-order valence-electron chi connectivity index (χ2n) is 3.34. The fourth-order valence-corrected chi connectivity index (χ4v) is 2.09. The highest BCUT2D eigenvalue weighted by Gasteiger charge is 2.14. The van der Waals surface area contributed by atoms with Crippen LogP contribution >= 0.6 is 11.3 Å². The molecule has 0 saturated heterocycles. The van der Waals surface area contributed by atoms with E-state index in [-0.39, 0.29) is 5.78 Å². The minimum absolute atomic E-state index is 0.0472. The van der Waals surface area contributed by atoms with Gasteiger partial charge in [0.1, 0.15) is 5.69 Å². The van der Waals surface area contributed by atoms with Gasteiger partial charge in [-0.3, -0.25) is 9.48 Å². The fraction of sp³-hybridized carbons (Fsp3) is 0.273. The van der Waals surface area contributed by atoms with Gasteiger partial charge in [-0.25, -0.2) is 0 Å². The molecule has 0 aliphatic heterocycles. The fourth-order valence-electron chi connectivity index (χ4n) is 1.45. The van der Waals surface area contributed by atoms with Crippen LogP contribution < -0.4 is 0 Å². The largest absolute Gasteiger partial charge is 0.287 e. The van der Waals surface area contributed by atoms with Gasteiger partial charge in [0.05, 0.1) is 5.69 Å². The van der Waals surface area contributed by atoms with Crippen molar-refractivity contribution >= 4 is 17.1 Å². The molecule has 3 nitrogen and oxygen atoms in total. The highest BCUT2D eigenvalue weighted by Crippen LogP contribution is 2.13. The van der Waals surface area contributed by atoms with Gasteiger partial charge >= 0.3 is 0 Å². The number of rotatable bonds is 3. The van der Waals surface area contributed by atoms with E-state index in [0.717, 1.165) is 17.7 Å². The summed E-state index contributed by atoms with van der Waals surface area (Å²) in [7, 11) is 1.80. The molecule has 15 heavy (non-hydrogen) atoms. The van der Waals surface area contributed by atoms with Crippen LogP contribution in [-0.4, -0.2) is 15.6 Å². The van der Waals surface area contributed by atoms with Crippen molar-refractivity contribution in [2.45, 2.75) is 13.3 Å². The normalized spacial score (nSPS) is 10.5. The van der Waals surface area contributed by atoms with E-state index < -0.39 is 0 Å². The third-order valence-corrected chi connectivity index (χ3v) is 2.99. The molecule has 0 aliphatic rings. The number of carbonyl (C=O) groups excluding carboxylic acids is 1. The third-order valence-electron chi connectivity index (χ3n) is 2.31. The number of nitrogens with zero attached hydrogens (tertiary/aromatic N) is 2. The number of aromatic nitrogens is 2. The predicted molar refractivity (Wildman–Crippen MR) is 60.3 cm³/mol. The van der Waals surface area contributed by atoms with Gasteiger partial charge in [-0.1, -0.05) is 6.92 Å². The standard InChI is InChI=1S/C11H12N2OS/c1-3-9-6-10(13(2)12-9)11(14)8-4-5-15-7-8/h4-7H,3H2,1-2H3. The third kappa shape index (κ3) is 1.85. The highest BCUT2D eigenvalue weighted by molar-refractivity contribution is 7.08. The molecule has 0 atom stereocenters. The molecule has 0 amide bonds. The van der Waals surface area contributed by atoms with Gasteiger partial charge in [0, 0.05) is 18.0 Å². The Morgan fingerprint density at radius 2 is 2.40 bits per heavy atom. The number of hydrogen-bond donors (Lipinski definition) is 0. The molecule has 4 heteroatoms. The Labute approximate surface area is 92.4 Å². The van der Waals surface area contributed by atoms with Crippen LogP contribution in [0.5, 0.6) is 0 Å². The molecule has 0 bridgehead atoms. The summed E-state index contributed by atoms with van der Waals surface area (Å²) < 4.78 is 1.65. The van der Waals surface area contributed by atoms with Gasteiger partial charge in [-0.2, -0.15) is 16.4 Å². The van der Waals surface area contributed by atoms with Crippen molar-refractivity contribution in [3.05, 3.63) is 39.8 Å². The van der Waals surface area contributed by atoms with E-state index in [1.165, 1.54) is 11.3 Å². The molecule has 0 unspecified atom stereocenters. The summed E-state index contributed by atoms with van der Waals surface area (Å²) in [4.78, 5) is 12.0. The number of carbonyl (C=O) groups is 1. The average molecular weight is 220 g/mol. The first kappa shape index (κ1) is 10.1. The monoisotopic (exact) mass is 220 g/mol. The zero-order valence-corrected chi connectivity index (χ0v) is 9.54. The Bertz CT molecular complexity index is 471. The van der Waals surface area contributed by atoms with Crippen LogP contribution in [0.3, 0.4) is 0 Å². The van der Waals surface area contributed by atoms with Crippen molar-refractivity contribution in [3.8, 4) is 0 Å². The first-order valence-corrected chi connectivity index (χ1v) is 5.76. The molecular weight excluding hydrogens is 208 g/mol. The molecular formula is C11H12N2OS. The van der Waals surface area contributed by atoms with Gasteiger partial charge in [0.15, 0.2) is 0 Å². The lowest BCUT2D eigenvalue weighted by Crippen LogP contribution is -2.06. The van der Waals surface area contributed by atoms with Gasteiger partial charge in [-0.15, -0.1) is 0 Å². The number of ketones is 1. The molecule has 2 rings (SSSR count). The van der Waals surface area contributed by atoms with Crippen molar-refractivity contribution < 1.29 is 4.79 Å². The lowest BCUT2D eigenvalue weighted by Gasteiger charge is -1.97. The highest BCUT2D eigenvalue weighted by atomic mass is 32.1. The number of aryl methyl sites for hydroxylation is 2. The van der Waals surface area contributed by atoms with E-state index in [4.69, 9.17) is 0 Å². The smallest absolute Gasteiger partial charge is 0.211 e. The molecule has 0 aromatic carbocycles. The van der Waals surface area contributed by atoms with Crippen LogP contribution in [0.15, 0.2) is 22.9 Å². The molecule has 0 N–H and O–H groups in total. The molecule has 0 radical (unpaired) electrons. The molecule has 2 aromatic heterocycles. The first-order valence-electron chi connectivity index (χ1n) is 4.82. The predicted octanol–water partition coefficient (Wildman–Crippen LogP) is 2.28. The van der Waals surface area contributed by atoms with Gasteiger partial charge in [0.2, 0.25) is 5.78 Å². The summed E-state index contributed by atoms with van der Waals surface area (Å²) >= 11 is 1.53. The molecule has 78 valence electrons. The van der Waals surface area contributed by atoms with Crippen molar-refractivity contribution in [3.63, 3.8) is 0 Å². The van der Waals surface area contributed by atoms with Crippen molar-refractivity contribution in [1.82, 2.24) is 9.78 Å². The Hall–Kier alpha value is -1.42. The summed E-state index contributed by atoms with van der Waals surface area (Å²) in [6, 6.07) is 3.70. The lowest BCUT2D eigenvalue weighted by atomic mass is 10.1. The summed E-state index contributed by atoms with van der Waals surface area (Å²) in [6.45, 7) is 2.03. The summed E-state index contributed by atoms with van der Waals surface area (Å²) in [5.41, 5.74) is 2.35. The summed E-state index contributed by atoms with van der Waals surface area (Å²) in [5.74, 6) is 0.0472. The van der Waals surface area contributed by atoms with Crippen molar-refractivity contribution in [2.75, 3.05) is 0 Å². The molecule has 2 heterocycles. The quantitative estimate of drug-likeness (QED) is 0.744. The number of hydrogen-bond acceptors (Lipinski definition) is 3. The molecule has 0 aliphatic carbocycles. The molecule has 0 saturated carbocycles. The van der Waals surface area contributed by atoms with E-state index in [9.17, 15) is 4.79 Å². The van der Waals surface area contributed by atoms with Crippen molar-refractivity contribution in [1.29, 1.82) is 0 Å². The Morgan fingerprint density at radius 3 is 2.93 bits per heavy atom. The van der Waals surface area contributed by atoms with Crippen LogP contribution in [0.2, 0.25) is 0 Å². The van der Waals surface area contributed by atoms with Gasteiger partial charge in [0.25, 0.3) is 0 Å². The van der Waals surface area contributed by atoms with E-state index in [2.05, 4.69) is 5.10 Å². The van der Waals surface area contributed by atoms with Crippen LogP contribution in [0.4, 0.5) is 0 Å². The van der Waals surface area contributed by atoms with E-state index >= 15 is 0 Å². The minimum atomic E-state index is 0.0472. The Kier molecular flexibility index (Phi) is 2.68. The van der Waals surface area contributed by atoms with Crippen LogP contribution in [0.1, 0.15) is 28.7 Å². The van der Waals surface area contributed by atoms with Gasteiger partial charge in [-0.05, 0) is 23.9 Å². The Balaban J connectivity index is 2.37. The first-order chi connectivity index (χ1) is 7.22. The van der Waals surface area contributed by atoms with Crippen LogP contribution in [-0.2, 0) is 13.5 Å². The number of thiophene rings is 1. The topological polar surface area (TPSA) is 34.9 Å². The second kappa shape index (κ2) is 3.98. The molecule has 0 spiro atoms. The van der Waals surface area contributed by atoms with Crippen molar-refractivity contribution in [2.24, 2.45) is 7.05 Å². The molecule has 2 aromatic rings. The SMILES string of the molecule is CCc1cc(C(=O)c2ccsc2)n(C)n1. The summed E-state index contributed by atoms with van der Waals surface area (Å²) in [5, 5.41) is 8.03. The zero-order valence-electron chi connectivity index (χ0n) is 8.73. The maximum atomic E-state index is 12.0. The Morgan fingerprint density at radius 1 is 1.60 bits per heavy atom. The average Bonchev–Trinajstić information content (AvgIpc) is 2.85. The van der Waals surface area contributed by atoms with E-state index in [1.54, 1.807) is 11.7 Å². The summed E-state index contributed by atoms with van der Waals surface area (Å²) in [6.07, 6.45) is 0.852. The second-order valence-corrected chi connectivity index (χ2v) is 4.12. The maximum absolute atomic E-state index is 12.0. The van der Waals surface area contributed by atoms with E-state index in [1.807, 2.05) is 29.8 Å². The minimum Gasteiger partial charge on any atom is -0.287 e. The zero-order chi connectivity index (χ0) is 10.8.